The highest BCUT2D eigenvalue weighted by Crippen LogP contribution is 2.29. The summed E-state index contributed by atoms with van der Waals surface area (Å²) >= 11 is 0. The molecule has 0 aliphatic heterocycles. The average molecular weight is 335 g/mol. The minimum atomic E-state index is -0.939. The summed E-state index contributed by atoms with van der Waals surface area (Å²) in [4.78, 5) is 14.1. The van der Waals surface area contributed by atoms with E-state index in [9.17, 15) is 13.6 Å². The van der Waals surface area contributed by atoms with E-state index in [4.69, 9.17) is 9.47 Å². The van der Waals surface area contributed by atoms with Gasteiger partial charge < -0.3 is 14.4 Å². The van der Waals surface area contributed by atoms with E-state index in [1.807, 2.05) is 0 Å². The Labute approximate surface area is 139 Å². The maximum Gasteiger partial charge on any atom is 0.254 e. The molecule has 0 saturated heterocycles. The van der Waals surface area contributed by atoms with E-state index in [-0.39, 0.29) is 5.91 Å². The van der Waals surface area contributed by atoms with Crippen LogP contribution in [0.15, 0.2) is 36.4 Å². The molecule has 0 bridgehead atoms. The van der Waals surface area contributed by atoms with Crippen molar-refractivity contribution < 1.29 is 23.0 Å². The van der Waals surface area contributed by atoms with Crippen molar-refractivity contribution in [3.05, 3.63) is 59.2 Å². The normalized spacial score (nSPS) is 11.8. The molecular formula is C18H19F2NO3. The van der Waals surface area contributed by atoms with E-state index in [0.717, 1.165) is 12.1 Å². The first-order chi connectivity index (χ1) is 11.4. The molecule has 0 aliphatic rings. The van der Waals surface area contributed by atoms with Gasteiger partial charge in [-0.05, 0) is 42.8 Å². The molecule has 1 amide bonds. The van der Waals surface area contributed by atoms with Crippen LogP contribution in [0.5, 0.6) is 11.5 Å². The lowest BCUT2D eigenvalue weighted by molar-refractivity contribution is 0.0742. The largest absolute Gasteiger partial charge is 0.493 e. The number of carbonyl (C=O) groups excluding carboxylic acids is 1. The van der Waals surface area contributed by atoms with Crippen molar-refractivity contribution in [1.29, 1.82) is 0 Å². The number of ether oxygens (including phenoxy) is 2. The van der Waals surface area contributed by atoms with Crippen molar-refractivity contribution in [2.24, 2.45) is 0 Å². The van der Waals surface area contributed by atoms with Gasteiger partial charge >= 0.3 is 0 Å². The van der Waals surface area contributed by atoms with Crippen LogP contribution in [-0.2, 0) is 0 Å². The zero-order valence-corrected chi connectivity index (χ0v) is 14.0. The number of hydrogen-bond acceptors (Lipinski definition) is 3. The van der Waals surface area contributed by atoms with Crippen LogP contribution in [0.25, 0.3) is 0 Å². The van der Waals surface area contributed by atoms with Gasteiger partial charge in [0.2, 0.25) is 0 Å². The summed E-state index contributed by atoms with van der Waals surface area (Å²) in [5.41, 5.74) is 0.912. The molecule has 0 saturated carbocycles. The molecule has 6 heteroatoms. The summed E-state index contributed by atoms with van der Waals surface area (Å²) in [5, 5.41) is 0. The number of halogens is 2. The maximum atomic E-state index is 13.4. The Morgan fingerprint density at radius 3 is 2.25 bits per heavy atom. The van der Waals surface area contributed by atoms with Crippen LogP contribution in [0.3, 0.4) is 0 Å². The molecule has 128 valence electrons. The lowest BCUT2D eigenvalue weighted by atomic mass is 10.1. The molecule has 0 radical (unpaired) electrons. The van der Waals surface area contributed by atoms with E-state index in [2.05, 4.69) is 0 Å². The van der Waals surface area contributed by atoms with Gasteiger partial charge in [-0.25, -0.2) is 8.78 Å². The van der Waals surface area contributed by atoms with Gasteiger partial charge in [-0.3, -0.25) is 4.79 Å². The third kappa shape index (κ3) is 3.48. The fourth-order valence-corrected chi connectivity index (χ4v) is 2.34. The Morgan fingerprint density at radius 1 is 1.00 bits per heavy atom. The molecule has 4 nitrogen and oxygen atoms in total. The number of nitrogens with zero attached hydrogens (tertiary/aromatic N) is 1. The summed E-state index contributed by atoms with van der Waals surface area (Å²) < 4.78 is 36.8. The molecule has 0 spiro atoms. The second-order valence-corrected chi connectivity index (χ2v) is 5.34. The van der Waals surface area contributed by atoms with Crippen LogP contribution in [0.1, 0.15) is 28.9 Å². The van der Waals surface area contributed by atoms with Gasteiger partial charge in [0.25, 0.3) is 5.91 Å². The average Bonchev–Trinajstić information content (AvgIpc) is 2.61. The third-order valence-corrected chi connectivity index (χ3v) is 3.96. The maximum absolute atomic E-state index is 13.4. The van der Waals surface area contributed by atoms with E-state index in [1.165, 1.54) is 25.2 Å². The van der Waals surface area contributed by atoms with Gasteiger partial charge in [0.05, 0.1) is 20.3 Å². The van der Waals surface area contributed by atoms with E-state index >= 15 is 0 Å². The van der Waals surface area contributed by atoms with Crippen LogP contribution in [0.4, 0.5) is 8.78 Å². The molecule has 1 atom stereocenters. The van der Waals surface area contributed by atoms with Crippen molar-refractivity contribution in [3.63, 3.8) is 0 Å². The van der Waals surface area contributed by atoms with E-state index < -0.39 is 17.7 Å². The summed E-state index contributed by atoms with van der Waals surface area (Å²) in [6, 6.07) is 8.02. The molecule has 2 rings (SSSR count). The van der Waals surface area contributed by atoms with Crippen LogP contribution in [0, 0.1) is 11.6 Å². The zero-order valence-electron chi connectivity index (χ0n) is 14.0. The predicted octanol–water partition coefficient (Wildman–Crippen LogP) is 3.82. The lowest BCUT2D eigenvalue weighted by Gasteiger charge is -2.26. The summed E-state index contributed by atoms with van der Waals surface area (Å²) in [7, 11) is 4.60. The van der Waals surface area contributed by atoms with Crippen LogP contribution >= 0.6 is 0 Å². The fourth-order valence-electron chi connectivity index (χ4n) is 2.34. The smallest absolute Gasteiger partial charge is 0.254 e. The summed E-state index contributed by atoms with van der Waals surface area (Å²) in [6.45, 7) is 1.74. The molecular weight excluding hydrogens is 316 g/mol. The second kappa shape index (κ2) is 7.29. The molecule has 0 fully saturated rings. The van der Waals surface area contributed by atoms with Crippen LogP contribution < -0.4 is 9.47 Å². The highest BCUT2D eigenvalue weighted by molar-refractivity contribution is 5.95. The summed E-state index contributed by atoms with van der Waals surface area (Å²) in [6.07, 6.45) is 0. The SMILES string of the molecule is COc1ccc(C(=O)N(C)C(C)c2ccc(F)c(F)c2)cc1OC. The number of hydrogen-bond donors (Lipinski definition) is 0. The first-order valence-electron chi connectivity index (χ1n) is 7.33. The Hall–Kier alpha value is -2.63. The number of carbonyl (C=O) groups is 1. The third-order valence-electron chi connectivity index (χ3n) is 3.96. The van der Waals surface area contributed by atoms with E-state index in [0.29, 0.717) is 22.6 Å². The molecule has 0 heterocycles. The Morgan fingerprint density at radius 2 is 1.67 bits per heavy atom. The second-order valence-electron chi connectivity index (χ2n) is 5.34. The molecule has 0 aliphatic carbocycles. The quantitative estimate of drug-likeness (QED) is 0.834. The Balaban J connectivity index is 2.26. The van der Waals surface area contributed by atoms with Crippen molar-refractivity contribution in [2.75, 3.05) is 21.3 Å². The van der Waals surface area contributed by atoms with Crippen LogP contribution in [-0.4, -0.2) is 32.1 Å². The van der Waals surface area contributed by atoms with Gasteiger partial charge in [0.1, 0.15) is 0 Å². The highest BCUT2D eigenvalue weighted by atomic mass is 19.2. The zero-order chi connectivity index (χ0) is 17.9. The van der Waals surface area contributed by atoms with Crippen molar-refractivity contribution in [2.45, 2.75) is 13.0 Å². The Kier molecular flexibility index (Phi) is 5.39. The minimum absolute atomic E-state index is 0.270. The van der Waals surface area contributed by atoms with Crippen molar-refractivity contribution in [3.8, 4) is 11.5 Å². The van der Waals surface area contributed by atoms with Gasteiger partial charge in [0, 0.05) is 12.6 Å². The highest BCUT2D eigenvalue weighted by Gasteiger charge is 2.21. The molecule has 2 aromatic carbocycles. The van der Waals surface area contributed by atoms with Gasteiger partial charge in [-0.15, -0.1) is 0 Å². The number of benzene rings is 2. The van der Waals surface area contributed by atoms with Crippen LogP contribution in [0.2, 0.25) is 0 Å². The van der Waals surface area contributed by atoms with Gasteiger partial charge in [0.15, 0.2) is 23.1 Å². The monoisotopic (exact) mass is 335 g/mol. The number of rotatable bonds is 5. The molecule has 0 aromatic heterocycles. The first kappa shape index (κ1) is 17.7. The molecule has 24 heavy (non-hydrogen) atoms. The molecule has 2 aromatic rings. The predicted molar refractivity (Wildman–Crippen MR) is 86.4 cm³/mol. The van der Waals surface area contributed by atoms with Gasteiger partial charge in [-0.1, -0.05) is 6.07 Å². The standard InChI is InChI=1S/C18H19F2NO3/c1-11(12-5-7-14(19)15(20)9-12)21(2)18(22)13-6-8-16(23-3)17(10-13)24-4/h5-11H,1-4H3. The number of methoxy groups -OCH3 is 2. The topological polar surface area (TPSA) is 38.8 Å². The first-order valence-corrected chi connectivity index (χ1v) is 7.33. The minimum Gasteiger partial charge on any atom is -0.493 e. The Bertz CT molecular complexity index is 749. The molecule has 0 N–H and O–H groups in total. The van der Waals surface area contributed by atoms with Crippen molar-refractivity contribution >= 4 is 5.91 Å². The lowest BCUT2D eigenvalue weighted by Crippen LogP contribution is -2.29. The molecule has 1 unspecified atom stereocenters. The number of amides is 1. The van der Waals surface area contributed by atoms with E-state index in [1.54, 1.807) is 32.2 Å². The van der Waals surface area contributed by atoms with Crippen molar-refractivity contribution in [1.82, 2.24) is 4.90 Å². The summed E-state index contributed by atoms with van der Waals surface area (Å²) in [5.74, 6) is -1.16. The fraction of sp³-hybridized carbons (Fsp3) is 0.278. The van der Waals surface area contributed by atoms with Gasteiger partial charge in [-0.2, -0.15) is 0 Å².